The van der Waals surface area contributed by atoms with E-state index in [9.17, 15) is 0 Å². The predicted octanol–water partition coefficient (Wildman–Crippen LogP) is 4.31. The van der Waals surface area contributed by atoms with Gasteiger partial charge in [-0.2, -0.15) is 0 Å². The number of alkyl halides is 1. The minimum Gasteiger partial charge on any atom is -0.297 e. The van der Waals surface area contributed by atoms with E-state index in [0.717, 1.165) is 24.6 Å². The molecule has 0 radical (unpaired) electrons. The van der Waals surface area contributed by atoms with Crippen molar-refractivity contribution in [3.05, 3.63) is 16.1 Å². The average Bonchev–Trinajstić information content (AvgIpc) is 2.78. The third-order valence-corrected chi connectivity index (χ3v) is 4.48. The lowest BCUT2D eigenvalue weighted by Gasteiger charge is -2.27. The van der Waals surface area contributed by atoms with Crippen LogP contribution in [-0.4, -0.2) is 23.5 Å². The van der Waals surface area contributed by atoms with Crippen molar-refractivity contribution in [3.63, 3.8) is 0 Å². The second-order valence-corrected chi connectivity index (χ2v) is 5.84. The van der Waals surface area contributed by atoms with Gasteiger partial charge in [-0.15, -0.1) is 22.9 Å². The molecule has 1 heterocycles. The molecule has 1 aromatic rings. The Kier molecular flexibility index (Phi) is 6.45. The molecule has 0 aliphatic heterocycles. The van der Waals surface area contributed by atoms with Gasteiger partial charge in [0, 0.05) is 11.9 Å². The number of halogens is 1. The molecule has 0 N–H and O–H groups in total. The summed E-state index contributed by atoms with van der Waals surface area (Å²) in [4.78, 5) is 7.02. The first-order valence-electron chi connectivity index (χ1n) is 6.32. The predicted molar refractivity (Wildman–Crippen MR) is 76.8 cm³/mol. The molecule has 1 aromatic heterocycles. The summed E-state index contributed by atoms with van der Waals surface area (Å²) in [6.45, 7) is 7.90. The monoisotopic (exact) mass is 274 g/mol. The number of hydrogen-bond acceptors (Lipinski definition) is 3. The van der Waals surface area contributed by atoms with Crippen molar-refractivity contribution in [2.75, 3.05) is 13.6 Å². The van der Waals surface area contributed by atoms with Gasteiger partial charge in [-0.3, -0.25) is 4.90 Å². The van der Waals surface area contributed by atoms with Crippen molar-refractivity contribution in [1.29, 1.82) is 0 Å². The lowest BCUT2D eigenvalue weighted by Crippen LogP contribution is -2.28. The lowest BCUT2D eigenvalue weighted by molar-refractivity contribution is 0.205. The van der Waals surface area contributed by atoms with Crippen molar-refractivity contribution in [3.8, 4) is 0 Å². The van der Waals surface area contributed by atoms with Gasteiger partial charge < -0.3 is 0 Å². The van der Waals surface area contributed by atoms with E-state index in [-0.39, 0.29) is 0 Å². The molecular weight excluding hydrogens is 252 g/mol. The van der Waals surface area contributed by atoms with Crippen molar-refractivity contribution in [2.45, 2.75) is 45.5 Å². The fourth-order valence-corrected chi connectivity index (χ4v) is 3.25. The summed E-state index contributed by atoms with van der Waals surface area (Å²) in [5, 5.41) is 3.27. The van der Waals surface area contributed by atoms with Crippen LogP contribution in [0.5, 0.6) is 0 Å². The second-order valence-electron chi connectivity index (χ2n) is 4.69. The molecule has 17 heavy (non-hydrogen) atoms. The van der Waals surface area contributed by atoms with Crippen LogP contribution in [-0.2, 0) is 5.88 Å². The molecule has 0 saturated heterocycles. The topological polar surface area (TPSA) is 16.1 Å². The standard InChI is InChI=1S/C13H23ClN2S/c1-5-10(3)8-16(4)12(6-2)13-15-11(7-14)9-17-13/h9-10,12H,5-8H2,1-4H3. The third kappa shape index (κ3) is 4.23. The van der Waals surface area contributed by atoms with E-state index in [1.807, 2.05) is 0 Å². The molecule has 4 heteroatoms. The first-order chi connectivity index (χ1) is 8.12. The Morgan fingerprint density at radius 2 is 2.12 bits per heavy atom. The van der Waals surface area contributed by atoms with Crippen molar-refractivity contribution in [1.82, 2.24) is 9.88 Å². The molecule has 0 fully saturated rings. The van der Waals surface area contributed by atoms with Crippen LogP contribution in [0.2, 0.25) is 0 Å². The van der Waals surface area contributed by atoms with E-state index in [4.69, 9.17) is 11.6 Å². The largest absolute Gasteiger partial charge is 0.297 e. The lowest BCUT2D eigenvalue weighted by atomic mass is 10.1. The summed E-state index contributed by atoms with van der Waals surface area (Å²) in [5.41, 5.74) is 1.00. The highest BCUT2D eigenvalue weighted by atomic mass is 35.5. The second kappa shape index (κ2) is 7.34. The van der Waals surface area contributed by atoms with Gasteiger partial charge in [-0.1, -0.05) is 27.2 Å². The van der Waals surface area contributed by atoms with Crippen molar-refractivity contribution < 1.29 is 0 Å². The first kappa shape index (κ1) is 14.9. The van der Waals surface area contributed by atoms with E-state index in [2.05, 4.69) is 43.1 Å². The molecule has 0 aliphatic carbocycles. The molecule has 2 unspecified atom stereocenters. The van der Waals surface area contributed by atoms with Gasteiger partial charge in [0.25, 0.3) is 0 Å². The number of aromatic nitrogens is 1. The summed E-state index contributed by atoms with van der Waals surface area (Å²) >= 11 is 7.54. The Hall–Kier alpha value is -0.120. The highest BCUT2D eigenvalue weighted by molar-refractivity contribution is 7.09. The van der Waals surface area contributed by atoms with Gasteiger partial charge in [0.2, 0.25) is 0 Å². The quantitative estimate of drug-likeness (QED) is 0.689. The van der Waals surface area contributed by atoms with Gasteiger partial charge in [-0.05, 0) is 19.4 Å². The fraction of sp³-hybridized carbons (Fsp3) is 0.769. The molecular formula is C13H23ClN2S. The van der Waals surface area contributed by atoms with Crippen molar-refractivity contribution >= 4 is 22.9 Å². The van der Waals surface area contributed by atoms with Gasteiger partial charge >= 0.3 is 0 Å². The van der Waals surface area contributed by atoms with Crippen LogP contribution in [0.25, 0.3) is 0 Å². The Bertz CT molecular complexity index is 327. The summed E-state index contributed by atoms with van der Waals surface area (Å²) in [7, 11) is 2.20. The van der Waals surface area contributed by atoms with Crippen LogP contribution >= 0.6 is 22.9 Å². The molecule has 0 aromatic carbocycles. The number of thiazole rings is 1. The normalized spacial score (nSPS) is 15.2. The van der Waals surface area contributed by atoms with E-state index in [0.29, 0.717) is 11.9 Å². The SMILES string of the molecule is CCC(C)CN(C)C(CC)c1nc(CCl)cs1. The molecule has 1 rings (SSSR count). The maximum absolute atomic E-state index is 5.81. The van der Waals surface area contributed by atoms with Crippen LogP contribution in [0.15, 0.2) is 5.38 Å². The minimum absolute atomic E-state index is 0.436. The van der Waals surface area contributed by atoms with Crippen LogP contribution < -0.4 is 0 Å². The van der Waals surface area contributed by atoms with Gasteiger partial charge in [-0.25, -0.2) is 4.98 Å². The zero-order valence-electron chi connectivity index (χ0n) is 11.2. The maximum Gasteiger partial charge on any atom is 0.110 e. The zero-order chi connectivity index (χ0) is 12.8. The summed E-state index contributed by atoms with van der Waals surface area (Å²) in [5.74, 6) is 1.25. The molecule has 98 valence electrons. The molecule has 2 atom stereocenters. The van der Waals surface area contributed by atoms with E-state index >= 15 is 0 Å². The first-order valence-corrected chi connectivity index (χ1v) is 7.74. The summed E-state index contributed by atoms with van der Waals surface area (Å²) in [6.07, 6.45) is 2.33. The average molecular weight is 275 g/mol. The molecule has 0 spiro atoms. The molecule has 0 bridgehead atoms. The van der Waals surface area contributed by atoms with Crippen LogP contribution in [0.3, 0.4) is 0 Å². The van der Waals surface area contributed by atoms with Crippen LogP contribution in [0.1, 0.15) is 50.4 Å². The summed E-state index contributed by atoms with van der Waals surface area (Å²) < 4.78 is 0. The van der Waals surface area contributed by atoms with E-state index < -0.39 is 0 Å². The van der Waals surface area contributed by atoms with Crippen molar-refractivity contribution in [2.24, 2.45) is 5.92 Å². The fourth-order valence-electron chi connectivity index (χ4n) is 1.96. The Morgan fingerprint density at radius 3 is 2.59 bits per heavy atom. The zero-order valence-corrected chi connectivity index (χ0v) is 12.8. The Morgan fingerprint density at radius 1 is 1.41 bits per heavy atom. The molecule has 2 nitrogen and oxygen atoms in total. The smallest absolute Gasteiger partial charge is 0.110 e. The van der Waals surface area contributed by atoms with E-state index in [1.54, 1.807) is 11.3 Å². The number of hydrogen-bond donors (Lipinski definition) is 0. The third-order valence-electron chi connectivity index (χ3n) is 3.21. The maximum atomic E-state index is 5.81. The van der Waals surface area contributed by atoms with Crippen LogP contribution in [0.4, 0.5) is 0 Å². The highest BCUT2D eigenvalue weighted by Crippen LogP contribution is 2.27. The Labute approximate surface area is 114 Å². The Balaban J connectivity index is 2.69. The minimum atomic E-state index is 0.436. The van der Waals surface area contributed by atoms with Crippen LogP contribution in [0, 0.1) is 5.92 Å². The van der Waals surface area contributed by atoms with Gasteiger partial charge in [0.1, 0.15) is 5.01 Å². The summed E-state index contributed by atoms with van der Waals surface area (Å²) in [6, 6.07) is 0.436. The molecule has 0 amide bonds. The van der Waals surface area contributed by atoms with Gasteiger partial charge in [0.15, 0.2) is 0 Å². The number of rotatable bonds is 7. The molecule has 0 saturated carbocycles. The van der Waals surface area contributed by atoms with E-state index in [1.165, 1.54) is 11.4 Å². The highest BCUT2D eigenvalue weighted by Gasteiger charge is 2.19. The van der Waals surface area contributed by atoms with Gasteiger partial charge in [0.05, 0.1) is 17.6 Å². The molecule has 0 aliphatic rings. The number of nitrogens with zero attached hydrogens (tertiary/aromatic N) is 2.